The molecule has 1 saturated heterocycles. The van der Waals surface area contributed by atoms with Crippen LogP contribution >= 0.6 is 11.8 Å². The van der Waals surface area contributed by atoms with Gasteiger partial charge >= 0.3 is 0 Å². The van der Waals surface area contributed by atoms with Crippen molar-refractivity contribution in [2.75, 3.05) is 50.6 Å². The molecule has 1 aliphatic rings. The number of nitrogens with zero attached hydrogens (tertiary/aromatic N) is 2. The lowest BCUT2D eigenvalue weighted by Crippen LogP contribution is -2.43. The average molecular weight is 337 g/mol. The van der Waals surface area contributed by atoms with Crippen LogP contribution in [0, 0.1) is 0 Å². The molecule has 0 radical (unpaired) electrons. The molecular formula is C17H28N4OS. The Morgan fingerprint density at radius 2 is 2.09 bits per heavy atom. The van der Waals surface area contributed by atoms with Gasteiger partial charge in [-0.3, -0.25) is 9.69 Å². The van der Waals surface area contributed by atoms with Crippen molar-refractivity contribution in [1.29, 1.82) is 0 Å². The first-order chi connectivity index (χ1) is 11.1. The van der Waals surface area contributed by atoms with Crippen LogP contribution in [0.5, 0.6) is 0 Å². The molecule has 2 rings (SSSR count). The Morgan fingerprint density at radius 3 is 2.78 bits per heavy atom. The molecule has 1 aliphatic heterocycles. The van der Waals surface area contributed by atoms with Crippen LogP contribution in [0.25, 0.3) is 0 Å². The second kappa shape index (κ2) is 9.27. The molecule has 0 unspecified atom stereocenters. The molecule has 1 fully saturated rings. The van der Waals surface area contributed by atoms with E-state index < -0.39 is 6.04 Å². The number of likely N-dealkylation sites (N-methyl/N-ethyl adjacent to an activating group) is 1. The zero-order valence-corrected chi connectivity index (χ0v) is 14.9. The monoisotopic (exact) mass is 336 g/mol. The number of benzene rings is 1. The minimum Gasteiger partial charge on any atom is -0.325 e. The highest BCUT2D eigenvalue weighted by Crippen LogP contribution is 2.14. The fourth-order valence-corrected chi connectivity index (χ4v) is 3.11. The molecule has 0 aliphatic carbocycles. The van der Waals surface area contributed by atoms with Gasteiger partial charge in [0.1, 0.15) is 0 Å². The van der Waals surface area contributed by atoms with E-state index in [1.807, 2.05) is 18.4 Å². The number of amides is 1. The van der Waals surface area contributed by atoms with Crippen LogP contribution in [-0.4, -0.2) is 67.0 Å². The van der Waals surface area contributed by atoms with Crippen LogP contribution in [0.2, 0.25) is 0 Å². The van der Waals surface area contributed by atoms with Gasteiger partial charge in [0.25, 0.3) is 0 Å². The molecule has 23 heavy (non-hydrogen) atoms. The standard InChI is InChI=1S/C17H28N4OS/c1-20-7-9-21(10-8-20)13-14-4-3-5-15(12-14)19-17(22)16(18)6-11-23-2/h3-5,12,16H,6-11,13,18H2,1-2H3,(H,19,22)/t16-/m0/s1. The van der Waals surface area contributed by atoms with E-state index in [1.54, 1.807) is 11.8 Å². The third-order valence-corrected chi connectivity index (χ3v) is 4.81. The number of carbonyl (C=O) groups excluding carboxylic acids is 1. The van der Waals surface area contributed by atoms with Gasteiger partial charge in [-0.05, 0) is 43.2 Å². The Morgan fingerprint density at radius 1 is 1.35 bits per heavy atom. The highest BCUT2D eigenvalue weighted by atomic mass is 32.2. The second-order valence-electron chi connectivity index (χ2n) is 6.16. The van der Waals surface area contributed by atoms with E-state index in [0.29, 0.717) is 6.42 Å². The summed E-state index contributed by atoms with van der Waals surface area (Å²) in [5.41, 5.74) is 7.97. The van der Waals surface area contributed by atoms with Crippen LogP contribution in [0.15, 0.2) is 24.3 Å². The van der Waals surface area contributed by atoms with E-state index in [4.69, 9.17) is 5.73 Å². The Balaban J connectivity index is 1.88. The van der Waals surface area contributed by atoms with Crippen LogP contribution in [0.4, 0.5) is 5.69 Å². The molecule has 1 heterocycles. The number of anilines is 1. The summed E-state index contributed by atoms with van der Waals surface area (Å²) in [7, 11) is 2.16. The van der Waals surface area contributed by atoms with Crippen molar-refractivity contribution >= 4 is 23.4 Å². The van der Waals surface area contributed by atoms with Crippen LogP contribution in [0.3, 0.4) is 0 Å². The molecule has 0 spiro atoms. The topological polar surface area (TPSA) is 61.6 Å². The first kappa shape index (κ1) is 18.3. The van der Waals surface area contributed by atoms with Gasteiger partial charge in [-0.15, -0.1) is 0 Å². The third-order valence-electron chi connectivity index (χ3n) is 4.17. The van der Waals surface area contributed by atoms with Crippen LogP contribution < -0.4 is 11.1 Å². The largest absolute Gasteiger partial charge is 0.325 e. The van der Waals surface area contributed by atoms with Crippen molar-refractivity contribution < 1.29 is 4.79 Å². The van der Waals surface area contributed by atoms with Crippen LogP contribution in [0.1, 0.15) is 12.0 Å². The van der Waals surface area contributed by atoms with Crippen molar-refractivity contribution in [3.63, 3.8) is 0 Å². The number of rotatable bonds is 7. The first-order valence-corrected chi connectivity index (χ1v) is 9.53. The normalized spacial score (nSPS) is 17.9. The summed E-state index contributed by atoms with van der Waals surface area (Å²) in [5, 5.41) is 2.94. The molecule has 6 heteroatoms. The minimum atomic E-state index is -0.441. The number of nitrogens with two attached hydrogens (primary N) is 1. The minimum absolute atomic E-state index is 0.101. The molecule has 0 bridgehead atoms. The maximum Gasteiger partial charge on any atom is 0.241 e. The fourth-order valence-electron chi connectivity index (χ4n) is 2.62. The van der Waals surface area contributed by atoms with E-state index in [2.05, 4.69) is 34.3 Å². The maximum atomic E-state index is 12.1. The molecule has 1 atom stereocenters. The van der Waals surface area contributed by atoms with Gasteiger partial charge in [0, 0.05) is 38.4 Å². The van der Waals surface area contributed by atoms with Gasteiger partial charge in [0.05, 0.1) is 6.04 Å². The zero-order valence-electron chi connectivity index (χ0n) is 14.1. The molecule has 1 amide bonds. The lowest BCUT2D eigenvalue weighted by atomic mass is 10.1. The van der Waals surface area contributed by atoms with Crippen molar-refractivity contribution in [3.05, 3.63) is 29.8 Å². The van der Waals surface area contributed by atoms with E-state index in [1.165, 1.54) is 5.56 Å². The highest BCUT2D eigenvalue weighted by molar-refractivity contribution is 7.98. The number of hydrogen-bond donors (Lipinski definition) is 2. The third kappa shape index (κ3) is 6.14. The quantitative estimate of drug-likeness (QED) is 0.789. The van der Waals surface area contributed by atoms with Gasteiger partial charge in [0.15, 0.2) is 0 Å². The zero-order chi connectivity index (χ0) is 16.7. The Hall–Kier alpha value is -1.08. The molecule has 128 valence electrons. The summed E-state index contributed by atoms with van der Waals surface area (Å²) in [6.45, 7) is 5.33. The van der Waals surface area contributed by atoms with Gasteiger partial charge in [0.2, 0.25) is 5.91 Å². The highest BCUT2D eigenvalue weighted by Gasteiger charge is 2.15. The predicted molar refractivity (Wildman–Crippen MR) is 98.8 cm³/mol. The molecule has 3 N–H and O–H groups in total. The summed E-state index contributed by atoms with van der Waals surface area (Å²) in [6, 6.07) is 7.64. The van der Waals surface area contributed by atoms with Crippen molar-refractivity contribution in [1.82, 2.24) is 9.80 Å². The SMILES string of the molecule is CSCC[C@H](N)C(=O)Nc1cccc(CN2CCN(C)CC2)c1. The molecule has 0 saturated carbocycles. The lowest BCUT2D eigenvalue weighted by molar-refractivity contribution is -0.117. The van der Waals surface area contributed by atoms with E-state index >= 15 is 0 Å². The van der Waals surface area contributed by atoms with Gasteiger partial charge in [-0.25, -0.2) is 0 Å². The molecular weight excluding hydrogens is 308 g/mol. The summed E-state index contributed by atoms with van der Waals surface area (Å²) in [4.78, 5) is 16.9. The number of piperazine rings is 1. The van der Waals surface area contributed by atoms with E-state index in [-0.39, 0.29) is 5.91 Å². The van der Waals surface area contributed by atoms with Crippen molar-refractivity contribution in [2.45, 2.75) is 19.0 Å². The smallest absolute Gasteiger partial charge is 0.241 e. The van der Waals surface area contributed by atoms with Crippen LogP contribution in [-0.2, 0) is 11.3 Å². The predicted octanol–water partition coefficient (Wildman–Crippen LogP) is 1.45. The first-order valence-electron chi connectivity index (χ1n) is 8.13. The Bertz CT molecular complexity index is 503. The second-order valence-corrected chi connectivity index (χ2v) is 7.14. The molecule has 1 aromatic carbocycles. The fraction of sp³-hybridized carbons (Fsp3) is 0.588. The maximum absolute atomic E-state index is 12.1. The Kier molecular flexibility index (Phi) is 7.36. The van der Waals surface area contributed by atoms with Gasteiger partial charge < -0.3 is 16.0 Å². The number of carbonyl (C=O) groups is 1. The van der Waals surface area contributed by atoms with Gasteiger partial charge in [-0.1, -0.05) is 12.1 Å². The number of thioether (sulfide) groups is 1. The molecule has 1 aromatic rings. The van der Waals surface area contributed by atoms with Gasteiger partial charge in [-0.2, -0.15) is 11.8 Å². The summed E-state index contributed by atoms with van der Waals surface area (Å²) in [5.74, 6) is 0.800. The number of hydrogen-bond acceptors (Lipinski definition) is 5. The summed E-state index contributed by atoms with van der Waals surface area (Å²) >= 11 is 1.71. The van der Waals surface area contributed by atoms with Crippen molar-refractivity contribution in [2.24, 2.45) is 5.73 Å². The van der Waals surface area contributed by atoms with E-state index in [0.717, 1.165) is 44.2 Å². The molecule has 5 nitrogen and oxygen atoms in total. The number of nitrogens with one attached hydrogen (secondary N) is 1. The van der Waals surface area contributed by atoms with Crippen molar-refractivity contribution in [3.8, 4) is 0 Å². The average Bonchev–Trinajstić information content (AvgIpc) is 2.55. The Labute approximate surface area is 143 Å². The lowest BCUT2D eigenvalue weighted by Gasteiger charge is -2.32. The summed E-state index contributed by atoms with van der Waals surface area (Å²) < 4.78 is 0. The summed E-state index contributed by atoms with van der Waals surface area (Å²) in [6.07, 6.45) is 2.72. The van der Waals surface area contributed by atoms with E-state index in [9.17, 15) is 4.79 Å². The molecule has 0 aromatic heterocycles.